The van der Waals surface area contributed by atoms with Crippen molar-refractivity contribution >= 4 is 18.4 Å². The number of likely N-dealkylation sites (tertiary alicyclic amines) is 1. The first kappa shape index (κ1) is 13.7. The Hall–Kier alpha value is -0.280. The van der Waals surface area contributed by atoms with E-state index in [1.54, 1.807) is 0 Å². The van der Waals surface area contributed by atoms with Gasteiger partial charge in [0.05, 0.1) is 5.41 Å². The Morgan fingerprint density at radius 2 is 2.07 bits per heavy atom. The highest BCUT2D eigenvalue weighted by Gasteiger charge is 2.38. The summed E-state index contributed by atoms with van der Waals surface area (Å²) in [5.74, 6) is -0.378. The molecule has 0 spiro atoms. The van der Waals surface area contributed by atoms with Crippen LogP contribution in [-0.4, -0.2) is 36.1 Å². The molecule has 1 aliphatic heterocycles. The van der Waals surface area contributed by atoms with Gasteiger partial charge in [0.1, 0.15) is 0 Å². The predicted octanol–water partition coefficient (Wildman–Crippen LogP) is 1.86. The summed E-state index contributed by atoms with van der Waals surface area (Å²) < 4.78 is 0. The highest BCUT2D eigenvalue weighted by Crippen LogP contribution is 2.33. The number of rotatable bonds is 2. The molecular formula is C10H20ClNO2. The van der Waals surface area contributed by atoms with Crippen molar-refractivity contribution in [3.8, 4) is 0 Å². The molecule has 1 fully saturated rings. The quantitative estimate of drug-likeness (QED) is 0.774. The summed E-state index contributed by atoms with van der Waals surface area (Å²) >= 11 is 0. The van der Waals surface area contributed by atoms with E-state index >= 15 is 0 Å². The zero-order valence-electron chi connectivity index (χ0n) is 9.12. The van der Waals surface area contributed by atoms with Crippen molar-refractivity contribution in [1.29, 1.82) is 0 Å². The van der Waals surface area contributed by atoms with E-state index in [0.29, 0.717) is 5.92 Å². The Bertz CT molecular complexity index is 206. The molecule has 14 heavy (non-hydrogen) atoms. The molecule has 0 aromatic heterocycles. The van der Waals surface area contributed by atoms with Gasteiger partial charge in [0, 0.05) is 6.54 Å². The van der Waals surface area contributed by atoms with E-state index in [9.17, 15) is 4.79 Å². The van der Waals surface area contributed by atoms with Crippen molar-refractivity contribution in [2.45, 2.75) is 26.7 Å². The average molecular weight is 222 g/mol. The molecule has 0 bridgehead atoms. The van der Waals surface area contributed by atoms with Gasteiger partial charge in [0.25, 0.3) is 0 Å². The van der Waals surface area contributed by atoms with Gasteiger partial charge in [-0.15, -0.1) is 12.4 Å². The summed E-state index contributed by atoms with van der Waals surface area (Å²) in [5, 5.41) is 9.06. The molecule has 0 radical (unpaired) electrons. The van der Waals surface area contributed by atoms with Gasteiger partial charge < -0.3 is 10.0 Å². The SMILES string of the molecule is CN1CCCC(C(C)(C)C(=O)O)C1.Cl. The highest BCUT2D eigenvalue weighted by atomic mass is 35.5. The molecule has 1 unspecified atom stereocenters. The molecule has 1 atom stereocenters. The normalized spacial score (nSPS) is 24.1. The van der Waals surface area contributed by atoms with E-state index in [2.05, 4.69) is 11.9 Å². The van der Waals surface area contributed by atoms with Crippen LogP contribution in [0.4, 0.5) is 0 Å². The van der Waals surface area contributed by atoms with Crippen LogP contribution in [0, 0.1) is 11.3 Å². The minimum absolute atomic E-state index is 0. The molecule has 1 saturated heterocycles. The van der Waals surface area contributed by atoms with E-state index in [0.717, 1.165) is 25.9 Å². The van der Waals surface area contributed by atoms with Gasteiger partial charge >= 0.3 is 5.97 Å². The van der Waals surface area contributed by atoms with E-state index in [1.807, 2.05) is 13.8 Å². The number of hydrogen-bond acceptors (Lipinski definition) is 2. The third kappa shape index (κ3) is 2.85. The fourth-order valence-corrected chi connectivity index (χ4v) is 1.93. The summed E-state index contributed by atoms with van der Waals surface area (Å²) in [4.78, 5) is 13.2. The van der Waals surface area contributed by atoms with Crippen molar-refractivity contribution in [3.63, 3.8) is 0 Å². The van der Waals surface area contributed by atoms with Crippen molar-refractivity contribution < 1.29 is 9.90 Å². The lowest BCUT2D eigenvalue weighted by Gasteiger charge is -2.37. The van der Waals surface area contributed by atoms with Crippen LogP contribution >= 0.6 is 12.4 Å². The van der Waals surface area contributed by atoms with Crippen LogP contribution in [-0.2, 0) is 4.79 Å². The fourth-order valence-electron chi connectivity index (χ4n) is 1.93. The van der Waals surface area contributed by atoms with Crippen LogP contribution in [0.2, 0.25) is 0 Å². The molecule has 0 aromatic carbocycles. The maximum atomic E-state index is 11.0. The van der Waals surface area contributed by atoms with Crippen LogP contribution in [0.15, 0.2) is 0 Å². The van der Waals surface area contributed by atoms with Gasteiger partial charge in [0.2, 0.25) is 0 Å². The van der Waals surface area contributed by atoms with Crippen LogP contribution < -0.4 is 0 Å². The molecule has 1 heterocycles. The first-order valence-electron chi connectivity index (χ1n) is 4.86. The van der Waals surface area contributed by atoms with Gasteiger partial charge in [-0.3, -0.25) is 4.79 Å². The Kier molecular flexibility index (Phi) is 4.89. The van der Waals surface area contributed by atoms with Gasteiger partial charge in [-0.1, -0.05) is 0 Å². The summed E-state index contributed by atoms with van der Waals surface area (Å²) in [6.45, 7) is 5.68. The lowest BCUT2D eigenvalue weighted by Crippen LogP contribution is -2.43. The predicted molar refractivity (Wildman–Crippen MR) is 58.9 cm³/mol. The number of nitrogens with zero attached hydrogens (tertiary/aromatic N) is 1. The van der Waals surface area contributed by atoms with Crippen LogP contribution in [0.3, 0.4) is 0 Å². The van der Waals surface area contributed by atoms with Crippen LogP contribution in [0.5, 0.6) is 0 Å². The molecule has 1 aliphatic rings. The molecule has 1 rings (SSSR count). The van der Waals surface area contributed by atoms with Gasteiger partial charge in [0.15, 0.2) is 0 Å². The number of carboxylic acid groups (broad SMARTS) is 1. The standard InChI is InChI=1S/C10H19NO2.ClH/c1-10(2,9(12)13)8-5-4-6-11(3)7-8;/h8H,4-7H2,1-3H3,(H,12,13);1H. The van der Waals surface area contributed by atoms with Crippen molar-refractivity contribution in [2.24, 2.45) is 11.3 Å². The minimum atomic E-state index is -0.673. The van der Waals surface area contributed by atoms with Gasteiger partial charge in [-0.05, 0) is 46.2 Å². The smallest absolute Gasteiger partial charge is 0.309 e. The summed E-state index contributed by atoms with van der Waals surface area (Å²) in [6.07, 6.45) is 2.17. The number of halogens is 1. The average Bonchev–Trinajstić information content (AvgIpc) is 2.04. The summed E-state index contributed by atoms with van der Waals surface area (Å²) in [7, 11) is 2.06. The Morgan fingerprint density at radius 1 is 1.50 bits per heavy atom. The molecule has 84 valence electrons. The first-order chi connectivity index (χ1) is 5.94. The molecular weight excluding hydrogens is 202 g/mol. The monoisotopic (exact) mass is 221 g/mol. The molecule has 0 saturated carbocycles. The Labute approximate surface area is 91.9 Å². The molecule has 3 nitrogen and oxygen atoms in total. The molecule has 0 aromatic rings. The maximum absolute atomic E-state index is 11.0. The molecule has 4 heteroatoms. The van der Waals surface area contributed by atoms with Crippen molar-refractivity contribution in [3.05, 3.63) is 0 Å². The zero-order chi connectivity index (χ0) is 10.1. The highest BCUT2D eigenvalue weighted by molar-refractivity contribution is 5.85. The molecule has 1 N–H and O–H groups in total. The second kappa shape index (κ2) is 4.99. The van der Waals surface area contributed by atoms with E-state index in [1.165, 1.54) is 0 Å². The lowest BCUT2D eigenvalue weighted by molar-refractivity contribution is -0.151. The largest absolute Gasteiger partial charge is 0.481 e. The van der Waals surface area contributed by atoms with Crippen LogP contribution in [0.25, 0.3) is 0 Å². The van der Waals surface area contributed by atoms with E-state index < -0.39 is 11.4 Å². The Balaban J connectivity index is 0.00000169. The summed E-state index contributed by atoms with van der Waals surface area (Å²) in [6, 6.07) is 0. The fraction of sp³-hybridized carbons (Fsp3) is 0.900. The third-order valence-electron chi connectivity index (χ3n) is 3.20. The van der Waals surface area contributed by atoms with Crippen molar-refractivity contribution in [1.82, 2.24) is 4.90 Å². The number of carbonyl (C=O) groups is 1. The zero-order valence-corrected chi connectivity index (χ0v) is 9.93. The number of hydrogen-bond donors (Lipinski definition) is 1. The Morgan fingerprint density at radius 3 is 2.50 bits per heavy atom. The van der Waals surface area contributed by atoms with E-state index in [-0.39, 0.29) is 12.4 Å². The minimum Gasteiger partial charge on any atom is -0.481 e. The third-order valence-corrected chi connectivity index (χ3v) is 3.20. The first-order valence-corrected chi connectivity index (χ1v) is 4.86. The lowest BCUT2D eigenvalue weighted by atomic mass is 9.75. The number of aliphatic carboxylic acids is 1. The van der Waals surface area contributed by atoms with Gasteiger partial charge in [-0.2, -0.15) is 0 Å². The molecule has 0 aliphatic carbocycles. The summed E-state index contributed by atoms with van der Waals surface area (Å²) in [5.41, 5.74) is -0.575. The second-order valence-electron chi connectivity index (χ2n) is 4.63. The number of carboxylic acids is 1. The number of piperidine rings is 1. The van der Waals surface area contributed by atoms with E-state index in [4.69, 9.17) is 5.11 Å². The van der Waals surface area contributed by atoms with Gasteiger partial charge in [-0.25, -0.2) is 0 Å². The van der Waals surface area contributed by atoms with Crippen molar-refractivity contribution in [2.75, 3.05) is 20.1 Å². The topological polar surface area (TPSA) is 40.5 Å². The maximum Gasteiger partial charge on any atom is 0.309 e. The second-order valence-corrected chi connectivity index (χ2v) is 4.63. The molecule has 0 amide bonds. The van der Waals surface area contributed by atoms with Crippen LogP contribution in [0.1, 0.15) is 26.7 Å².